The molecule has 2 aromatic rings. The molecule has 2 aliphatic carbocycles. The van der Waals surface area contributed by atoms with E-state index in [9.17, 15) is 4.79 Å². The van der Waals surface area contributed by atoms with Crippen LogP contribution in [0.15, 0.2) is 24.4 Å². The maximum atomic E-state index is 13.7. The molecule has 5 heteroatoms. The van der Waals surface area contributed by atoms with Gasteiger partial charge in [0.2, 0.25) is 5.91 Å². The minimum absolute atomic E-state index is 0. The van der Waals surface area contributed by atoms with Gasteiger partial charge in [-0.05, 0) is 83.0 Å². The molecule has 5 rings (SSSR count). The van der Waals surface area contributed by atoms with Crippen molar-refractivity contribution in [1.82, 2.24) is 14.4 Å². The van der Waals surface area contributed by atoms with Crippen molar-refractivity contribution in [1.29, 1.82) is 0 Å². The van der Waals surface area contributed by atoms with E-state index >= 15 is 0 Å². The lowest BCUT2D eigenvalue weighted by Gasteiger charge is -2.46. The second-order valence-electron chi connectivity index (χ2n) is 10.8. The number of aromatic nitrogens is 1. The summed E-state index contributed by atoms with van der Waals surface area (Å²) in [6, 6.07) is 8.27. The molecule has 5 atom stereocenters. The molecule has 2 heterocycles. The summed E-state index contributed by atoms with van der Waals surface area (Å²) in [7, 11) is 2.25. The Balaban J connectivity index is 0.00000245. The molecule has 0 N–H and O–H groups in total. The van der Waals surface area contributed by atoms with Gasteiger partial charge in [-0.15, -0.1) is 24.0 Å². The van der Waals surface area contributed by atoms with Gasteiger partial charge in [-0.3, -0.25) is 4.79 Å². The van der Waals surface area contributed by atoms with Crippen LogP contribution in [0.25, 0.3) is 10.9 Å². The SMILES string of the molecule is CCN(C(=O)C1C[C@@H]2c3cccc4c3c(cn4C(C)C)C[C@H]2N(C)C1)C1CCC(C)C1.I. The fourth-order valence-electron chi connectivity index (χ4n) is 6.97. The van der Waals surface area contributed by atoms with Crippen molar-refractivity contribution in [3.8, 4) is 0 Å². The van der Waals surface area contributed by atoms with Crippen molar-refractivity contribution in [3.05, 3.63) is 35.5 Å². The average molecular weight is 550 g/mol. The zero-order chi connectivity index (χ0) is 21.9. The Bertz CT molecular complexity index is 983. The first-order valence-electron chi connectivity index (χ1n) is 12.5. The first kappa shape index (κ1) is 24.1. The monoisotopic (exact) mass is 549 g/mol. The van der Waals surface area contributed by atoms with Crippen molar-refractivity contribution < 1.29 is 4.79 Å². The van der Waals surface area contributed by atoms with Crippen molar-refractivity contribution in [2.75, 3.05) is 20.1 Å². The number of hydrogen-bond donors (Lipinski definition) is 0. The van der Waals surface area contributed by atoms with Crippen molar-refractivity contribution in [2.45, 2.75) is 83.8 Å². The summed E-state index contributed by atoms with van der Waals surface area (Å²) in [5, 5.41) is 1.47. The number of fused-ring (bicyclic) bond motifs is 2. The van der Waals surface area contributed by atoms with Gasteiger partial charge >= 0.3 is 0 Å². The lowest BCUT2D eigenvalue weighted by atomic mass is 9.72. The molecule has 1 aromatic heterocycles. The van der Waals surface area contributed by atoms with Gasteiger partial charge in [0.1, 0.15) is 0 Å². The number of benzene rings is 1. The van der Waals surface area contributed by atoms with Crippen LogP contribution in [0, 0.1) is 11.8 Å². The van der Waals surface area contributed by atoms with E-state index in [1.54, 1.807) is 0 Å². The van der Waals surface area contributed by atoms with E-state index in [-0.39, 0.29) is 29.9 Å². The van der Waals surface area contributed by atoms with Crippen molar-refractivity contribution in [2.24, 2.45) is 11.8 Å². The molecule has 0 bridgehead atoms. The second-order valence-corrected chi connectivity index (χ2v) is 10.8. The summed E-state index contributed by atoms with van der Waals surface area (Å²) in [6.45, 7) is 10.8. The highest BCUT2D eigenvalue weighted by molar-refractivity contribution is 14.0. The molecule has 176 valence electrons. The highest BCUT2D eigenvalue weighted by Crippen LogP contribution is 2.46. The summed E-state index contributed by atoms with van der Waals surface area (Å²) in [6.07, 6.45) is 8.12. The van der Waals surface area contributed by atoms with E-state index < -0.39 is 0 Å². The molecule has 0 spiro atoms. The highest BCUT2D eigenvalue weighted by Gasteiger charge is 2.43. The second kappa shape index (κ2) is 9.28. The van der Waals surface area contributed by atoms with Crippen LogP contribution in [0.5, 0.6) is 0 Å². The van der Waals surface area contributed by atoms with Crippen LogP contribution >= 0.6 is 24.0 Å². The van der Waals surface area contributed by atoms with E-state index in [4.69, 9.17) is 0 Å². The summed E-state index contributed by atoms with van der Waals surface area (Å²) in [4.78, 5) is 18.4. The molecular formula is C27H40IN3O. The molecule has 3 unspecified atom stereocenters. The first-order valence-corrected chi connectivity index (χ1v) is 12.5. The van der Waals surface area contributed by atoms with Gasteiger partial charge in [-0.1, -0.05) is 19.1 Å². The lowest BCUT2D eigenvalue weighted by molar-refractivity contribution is -0.140. The van der Waals surface area contributed by atoms with Crippen LogP contribution in [-0.4, -0.2) is 52.5 Å². The third-order valence-electron chi connectivity index (χ3n) is 8.51. The van der Waals surface area contributed by atoms with Crippen LogP contribution < -0.4 is 0 Å². The van der Waals surface area contributed by atoms with E-state index in [0.29, 0.717) is 30.0 Å². The summed E-state index contributed by atoms with van der Waals surface area (Å²) < 4.78 is 2.44. The summed E-state index contributed by atoms with van der Waals surface area (Å²) in [5.74, 6) is 1.73. The minimum Gasteiger partial charge on any atom is -0.345 e. The van der Waals surface area contributed by atoms with Crippen molar-refractivity contribution in [3.63, 3.8) is 0 Å². The third kappa shape index (κ3) is 3.91. The maximum absolute atomic E-state index is 13.7. The van der Waals surface area contributed by atoms with Crippen LogP contribution in [0.4, 0.5) is 0 Å². The number of rotatable bonds is 4. The number of nitrogens with zero attached hydrogens (tertiary/aromatic N) is 3. The number of carbonyl (C=O) groups is 1. The van der Waals surface area contributed by atoms with Crippen LogP contribution in [0.1, 0.15) is 76.5 Å². The predicted molar refractivity (Wildman–Crippen MR) is 143 cm³/mol. The number of amides is 1. The molecule has 2 fully saturated rings. The van der Waals surface area contributed by atoms with Gasteiger partial charge < -0.3 is 14.4 Å². The molecule has 0 radical (unpaired) electrons. The van der Waals surface area contributed by atoms with E-state index in [1.165, 1.54) is 41.3 Å². The Labute approximate surface area is 210 Å². The molecule has 32 heavy (non-hydrogen) atoms. The Kier molecular flexibility index (Phi) is 6.98. The van der Waals surface area contributed by atoms with Gasteiger partial charge in [0.15, 0.2) is 0 Å². The Morgan fingerprint density at radius 2 is 2.00 bits per heavy atom. The molecule has 4 nitrogen and oxygen atoms in total. The fourth-order valence-corrected chi connectivity index (χ4v) is 6.97. The zero-order valence-electron chi connectivity index (χ0n) is 20.4. The molecular weight excluding hydrogens is 509 g/mol. The van der Waals surface area contributed by atoms with Gasteiger partial charge in [-0.25, -0.2) is 0 Å². The van der Waals surface area contributed by atoms with E-state index in [0.717, 1.165) is 31.8 Å². The quantitative estimate of drug-likeness (QED) is 0.449. The van der Waals surface area contributed by atoms with Gasteiger partial charge in [0.25, 0.3) is 0 Å². The largest absolute Gasteiger partial charge is 0.345 e. The number of carbonyl (C=O) groups excluding carboxylic acids is 1. The van der Waals surface area contributed by atoms with Crippen LogP contribution in [-0.2, 0) is 11.2 Å². The van der Waals surface area contributed by atoms with Gasteiger partial charge in [0, 0.05) is 54.2 Å². The predicted octanol–water partition coefficient (Wildman–Crippen LogP) is 5.84. The molecule has 1 saturated heterocycles. The lowest BCUT2D eigenvalue weighted by Crippen LogP contribution is -2.53. The number of hydrogen-bond acceptors (Lipinski definition) is 2. The van der Waals surface area contributed by atoms with E-state index in [1.807, 2.05) is 0 Å². The van der Waals surface area contributed by atoms with Crippen LogP contribution in [0.3, 0.4) is 0 Å². The molecule has 1 amide bonds. The number of piperidine rings is 1. The molecule has 1 saturated carbocycles. The zero-order valence-corrected chi connectivity index (χ0v) is 22.7. The normalized spacial score (nSPS) is 29.8. The number of likely N-dealkylation sites (N-methyl/N-ethyl adjacent to an activating group) is 1. The standard InChI is InChI=1S/C27H39N3O.HI/c1-6-29(21-11-10-18(4)12-21)27(31)20-13-23-22-8-7-9-24-26(22)19(16-30(24)17(2)3)14-25(23)28(5)15-20;/h7-9,16-18,20-21,23,25H,6,10-15H2,1-5H3;1H/t18?,20?,21?,23-,25-;/m1./s1. The molecule has 3 aliphatic rings. The Morgan fingerprint density at radius 1 is 1.22 bits per heavy atom. The number of halogens is 1. The molecule has 1 aliphatic heterocycles. The smallest absolute Gasteiger partial charge is 0.227 e. The first-order chi connectivity index (χ1) is 14.9. The van der Waals surface area contributed by atoms with Crippen molar-refractivity contribution >= 4 is 40.8 Å². The Morgan fingerprint density at radius 3 is 2.66 bits per heavy atom. The summed E-state index contributed by atoms with van der Waals surface area (Å²) >= 11 is 0. The van der Waals surface area contributed by atoms with Crippen LogP contribution in [0.2, 0.25) is 0 Å². The number of likely N-dealkylation sites (tertiary alicyclic amines) is 1. The molecule has 1 aromatic carbocycles. The highest BCUT2D eigenvalue weighted by atomic mass is 127. The topological polar surface area (TPSA) is 28.5 Å². The summed E-state index contributed by atoms with van der Waals surface area (Å²) in [5.41, 5.74) is 4.34. The third-order valence-corrected chi connectivity index (χ3v) is 8.51. The minimum atomic E-state index is 0. The maximum Gasteiger partial charge on any atom is 0.227 e. The fraction of sp³-hybridized carbons (Fsp3) is 0.667. The Hall–Kier alpha value is -1.08. The van der Waals surface area contributed by atoms with E-state index in [2.05, 4.69) is 73.5 Å². The average Bonchev–Trinajstić information content (AvgIpc) is 3.34. The van der Waals surface area contributed by atoms with Gasteiger partial charge in [-0.2, -0.15) is 0 Å². The van der Waals surface area contributed by atoms with Gasteiger partial charge in [0.05, 0.1) is 5.92 Å².